The predicted octanol–water partition coefficient (Wildman–Crippen LogP) is 5.65. The normalized spacial score (nSPS) is 10.9. The SMILES string of the molecule is Cc1ccc(-c2nc(C(=O)Nc3ccc4ccccc4c3)nn2-c2ccccc2)cc1. The zero-order chi connectivity index (χ0) is 21.2. The van der Waals surface area contributed by atoms with Crippen molar-refractivity contribution in [2.45, 2.75) is 6.92 Å². The molecule has 0 aliphatic carbocycles. The molecule has 0 radical (unpaired) electrons. The lowest BCUT2D eigenvalue weighted by atomic mass is 10.1. The highest BCUT2D eigenvalue weighted by Crippen LogP contribution is 2.23. The number of aromatic nitrogens is 3. The van der Waals surface area contributed by atoms with E-state index in [-0.39, 0.29) is 11.7 Å². The van der Waals surface area contributed by atoms with Crippen LogP contribution < -0.4 is 5.32 Å². The van der Waals surface area contributed by atoms with E-state index in [4.69, 9.17) is 0 Å². The Hall–Kier alpha value is -4.25. The molecule has 1 heterocycles. The van der Waals surface area contributed by atoms with Crippen molar-refractivity contribution < 1.29 is 4.79 Å². The Balaban J connectivity index is 1.52. The Morgan fingerprint density at radius 2 is 1.52 bits per heavy atom. The van der Waals surface area contributed by atoms with Gasteiger partial charge in [0.2, 0.25) is 5.82 Å². The number of nitrogens with one attached hydrogen (secondary N) is 1. The number of carbonyl (C=O) groups is 1. The lowest BCUT2D eigenvalue weighted by Gasteiger charge is -2.06. The van der Waals surface area contributed by atoms with E-state index in [0.717, 1.165) is 27.6 Å². The summed E-state index contributed by atoms with van der Waals surface area (Å²) in [7, 11) is 0. The van der Waals surface area contributed by atoms with E-state index in [1.165, 1.54) is 0 Å². The summed E-state index contributed by atoms with van der Waals surface area (Å²) in [5.41, 5.74) is 3.60. The maximum absolute atomic E-state index is 13.0. The van der Waals surface area contributed by atoms with Crippen molar-refractivity contribution in [3.05, 3.63) is 108 Å². The van der Waals surface area contributed by atoms with Gasteiger partial charge in [-0.2, -0.15) is 0 Å². The number of hydrogen-bond donors (Lipinski definition) is 1. The van der Waals surface area contributed by atoms with Gasteiger partial charge < -0.3 is 5.32 Å². The summed E-state index contributed by atoms with van der Waals surface area (Å²) in [6, 6.07) is 31.6. The molecule has 0 saturated carbocycles. The van der Waals surface area contributed by atoms with Crippen molar-refractivity contribution in [2.24, 2.45) is 0 Å². The minimum Gasteiger partial charge on any atom is -0.319 e. The Morgan fingerprint density at radius 1 is 0.806 bits per heavy atom. The molecule has 0 saturated heterocycles. The third kappa shape index (κ3) is 3.81. The minimum absolute atomic E-state index is 0.118. The molecule has 5 rings (SSSR count). The smallest absolute Gasteiger partial charge is 0.295 e. The molecule has 0 bridgehead atoms. The van der Waals surface area contributed by atoms with Crippen LogP contribution in [0.4, 0.5) is 5.69 Å². The fourth-order valence-electron chi connectivity index (χ4n) is 3.50. The first-order valence-corrected chi connectivity index (χ1v) is 10.1. The topological polar surface area (TPSA) is 59.8 Å². The van der Waals surface area contributed by atoms with E-state index in [1.807, 2.05) is 104 Å². The van der Waals surface area contributed by atoms with E-state index < -0.39 is 0 Å². The third-order valence-electron chi connectivity index (χ3n) is 5.13. The van der Waals surface area contributed by atoms with Crippen LogP contribution in [-0.2, 0) is 0 Å². The number of amides is 1. The number of anilines is 1. The van der Waals surface area contributed by atoms with Crippen LogP contribution in [-0.4, -0.2) is 20.7 Å². The lowest BCUT2D eigenvalue weighted by molar-refractivity contribution is 0.101. The van der Waals surface area contributed by atoms with Gasteiger partial charge in [0.05, 0.1) is 5.69 Å². The molecule has 5 aromatic rings. The molecule has 0 unspecified atom stereocenters. The van der Waals surface area contributed by atoms with Gasteiger partial charge in [-0.3, -0.25) is 4.79 Å². The number of benzene rings is 4. The number of carbonyl (C=O) groups excluding carboxylic acids is 1. The van der Waals surface area contributed by atoms with Gasteiger partial charge in [-0.1, -0.05) is 78.4 Å². The zero-order valence-corrected chi connectivity index (χ0v) is 17.0. The second kappa shape index (κ2) is 7.88. The summed E-state index contributed by atoms with van der Waals surface area (Å²) >= 11 is 0. The van der Waals surface area contributed by atoms with E-state index in [9.17, 15) is 4.79 Å². The largest absolute Gasteiger partial charge is 0.319 e. The van der Waals surface area contributed by atoms with E-state index >= 15 is 0 Å². The monoisotopic (exact) mass is 404 g/mol. The molecule has 0 atom stereocenters. The molecule has 1 aromatic heterocycles. The summed E-state index contributed by atoms with van der Waals surface area (Å²) in [4.78, 5) is 17.6. The molecule has 0 fully saturated rings. The van der Waals surface area contributed by atoms with E-state index in [2.05, 4.69) is 15.4 Å². The molecule has 4 aromatic carbocycles. The van der Waals surface area contributed by atoms with Gasteiger partial charge in [0, 0.05) is 11.3 Å². The molecule has 0 aliphatic rings. The lowest BCUT2D eigenvalue weighted by Crippen LogP contribution is -2.14. The Labute approximate surface area is 180 Å². The van der Waals surface area contributed by atoms with Crippen LogP contribution in [0.25, 0.3) is 27.8 Å². The Kier molecular flexibility index (Phi) is 4.77. The average molecular weight is 404 g/mol. The zero-order valence-electron chi connectivity index (χ0n) is 17.0. The molecular formula is C26H20N4O. The minimum atomic E-state index is -0.349. The van der Waals surface area contributed by atoms with Crippen LogP contribution >= 0.6 is 0 Å². The Morgan fingerprint density at radius 3 is 2.29 bits per heavy atom. The second-order valence-corrected chi connectivity index (χ2v) is 7.39. The fraction of sp³-hybridized carbons (Fsp3) is 0.0385. The van der Waals surface area contributed by atoms with Gasteiger partial charge >= 0.3 is 0 Å². The Bertz CT molecular complexity index is 1370. The van der Waals surface area contributed by atoms with Crippen molar-refractivity contribution in [3.63, 3.8) is 0 Å². The van der Waals surface area contributed by atoms with Gasteiger partial charge in [0.25, 0.3) is 5.91 Å². The van der Waals surface area contributed by atoms with Gasteiger partial charge in [0.15, 0.2) is 5.82 Å². The number of hydrogen-bond acceptors (Lipinski definition) is 3. The van der Waals surface area contributed by atoms with Crippen molar-refractivity contribution in [1.82, 2.24) is 14.8 Å². The van der Waals surface area contributed by atoms with Crippen LogP contribution in [0.3, 0.4) is 0 Å². The van der Waals surface area contributed by atoms with Crippen LogP contribution in [0.1, 0.15) is 16.2 Å². The summed E-state index contributed by atoms with van der Waals surface area (Å²) in [6.07, 6.45) is 0. The first-order chi connectivity index (χ1) is 15.2. The molecule has 31 heavy (non-hydrogen) atoms. The molecule has 5 nitrogen and oxygen atoms in total. The van der Waals surface area contributed by atoms with Crippen molar-refractivity contribution in [2.75, 3.05) is 5.32 Å². The van der Waals surface area contributed by atoms with E-state index in [1.54, 1.807) is 4.68 Å². The summed E-state index contributed by atoms with van der Waals surface area (Å²) < 4.78 is 1.71. The number of rotatable bonds is 4. The van der Waals surface area contributed by atoms with Crippen molar-refractivity contribution >= 4 is 22.4 Å². The highest BCUT2D eigenvalue weighted by Gasteiger charge is 2.19. The molecule has 0 aliphatic heterocycles. The van der Waals surface area contributed by atoms with Crippen molar-refractivity contribution in [1.29, 1.82) is 0 Å². The van der Waals surface area contributed by atoms with E-state index in [0.29, 0.717) is 11.5 Å². The maximum atomic E-state index is 13.0. The van der Waals surface area contributed by atoms with Crippen LogP contribution in [0.2, 0.25) is 0 Å². The number of nitrogens with zero attached hydrogens (tertiary/aromatic N) is 3. The molecule has 1 N–H and O–H groups in total. The van der Waals surface area contributed by atoms with Gasteiger partial charge in [0.1, 0.15) is 0 Å². The molecule has 150 valence electrons. The number of fused-ring (bicyclic) bond motifs is 1. The molecule has 5 heteroatoms. The quantitative estimate of drug-likeness (QED) is 0.421. The third-order valence-corrected chi connectivity index (χ3v) is 5.13. The summed E-state index contributed by atoms with van der Waals surface area (Å²) in [5, 5.41) is 9.63. The number of aryl methyl sites for hydroxylation is 1. The second-order valence-electron chi connectivity index (χ2n) is 7.39. The molecule has 1 amide bonds. The van der Waals surface area contributed by atoms with Crippen LogP contribution in [0.15, 0.2) is 97.1 Å². The van der Waals surface area contributed by atoms with Gasteiger partial charge in [-0.25, -0.2) is 9.67 Å². The average Bonchev–Trinajstić information content (AvgIpc) is 3.26. The standard InChI is InChI=1S/C26H20N4O/c1-18-11-13-20(14-12-18)25-28-24(29-30(25)23-9-3-2-4-10-23)26(31)27-22-16-15-19-7-5-6-8-21(19)17-22/h2-17H,1H3,(H,27,31). The van der Waals surface area contributed by atoms with Gasteiger partial charge in [-0.05, 0) is 42.0 Å². The molecule has 0 spiro atoms. The maximum Gasteiger partial charge on any atom is 0.295 e. The first kappa shape index (κ1) is 18.8. The van der Waals surface area contributed by atoms with Crippen LogP contribution in [0.5, 0.6) is 0 Å². The molecular weight excluding hydrogens is 384 g/mol. The van der Waals surface area contributed by atoms with Crippen molar-refractivity contribution in [3.8, 4) is 17.1 Å². The first-order valence-electron chi connectivity index (χ1n) is 10.1. The highest BCUT2D eigenvalue weighted by atomic mass is 16.2. The number of para-hydroxylation sites is 1. The predicted molar refractivity (Wildman–Crippen MR) is 123 cm³/mol. The van der Waals surface area contributed by atoms with Crippen LogP contribution in [0, 0.1) is 6.92 Å². The van der Waals surface area contributed by atoms with Gasteiger partial charge in [-0.15, -0.1) is 5.10 Å². The summed E-state index contributed by atoms with van der Waals surface area (Å²) in [5.74, 6) is 0.390. The summed E-state index contributed by atoms with van der Waals surface area (Å²) in [6.45, 7) is 2.04. The fourth-order valence-corrected chi connectivity index (χ4v) is 3.50. The highest BCUT2D eigenvalue weighted by molar-refractivity contribution is 6.03.